The average molecular weight is 237 g/mol. The summed E-state index contributed by atoms with van der Waals surface area (Å²) in [6.07, 6.45) is 0. The highest BCUT2D eigenvalue weighted by molar-refractivity contribution is 7.89. The third kappa shape index (κ3) is 1.94. The third-order valence-corrected chi connectivity index (χ3v) is 3.43. The third-order valence-electron chi connectivity index (χ3n) is 1.37. The first-order chi connectivity index (χ1) is 6.46. The zero-order valence-corrected chi connectivity index (χ0v) is 8.27. The van der Waals surface area contributed by atoms with E-state index in [9.17, 15) is 18.5 Å². The van der Waals surface area contributed by atoms with Gasteiger partial charge in [0.25, 0.3) is 0 Å². The second-order valence-corrected chi connectivity index (χ2v) is 4.54. The molecule has 0 amide bonds. The number of hydrogen-bond acceptors (Lipinski definition) is 4. The molecular weight excluding hydrogens is 232 g/mol. The van der Waals surface area contributed by atoms with E-state index in [2.05, 4.69) is 0 Å². The van der Waals surface area contributed by atoms with Crippen LogP contribution in [0.4, 0.5) is 0 Å². The van der Waals surface area contributed by atoms with Crippen molar-refractivity contribution in [3.05, 3.63) is 40.4 Å². The van der Waals surface area contributed by atoms with Gasteiger partial charge in [0.15, 0.2) is 5.03 Å². The van der Waals surface area contributed by atoms with Crippen LogP contribution in [0.3, 0.4) is 0 Å². The van der Waals surface area contributed by atoms with Crippen LogP contribution >= 0.6 is 11.8 Å². The Hall–Kier alpha value is -1.34. The van der Waals surface area contributed by atoms with Gasteiger partial charge in [-0.3, -0.25) is 0 Å². The summed E-state index contributed by atoms with van der Waals surface area (Å²) in [5.74, 6) is 0. The summed E-state index contributed by atoms with van der Waals surface area (Å²) in [7, 11) is -4.24. The number of sulfonamides is 1. The first kappa shape index (κ1) is 10.7. The van der Waals surface area contributed by atoms with E-state index >= 15 is 0 Å². The van der Waals surface area contributed by atoms with Gasteiger partial charge in [-0.05, 0) is 12.1 Å². The molecule has 0 aromatic heterocycles. The van der Waals surface area contributed by atoms with Gasteiger partial charge >= 0.3 is 10.0 Å². The van der Waals surface area contributed by atoms with Crippen LogP contribution < -0.4 is 0 Å². The fourth-order valence-electron chi connectivity index (χ4n) is 0.767. The van der Waals surface area contributed by atoms with Crippen LogP contribution in [0.5, 0.6) is 0 Å². The van der Waals surface area contributed by atoms with E-state index in [0.717, 1.165) is 0 Å². The van der Waals surface area contributed by atoms with Crippen LogP contribution in [0.1, 0.15) is 0 Å². The van der Waals surface area contributed by atoms with Crippen molar-refractivity contribution in [1.82, 2.24) is 3.93 Å². The van der Waals surface area contributed by atoms with Gasteiger partial charge < -0.3 is 0 Å². The van der Waals surface area contributed by atoms with Gasteiger partial charge in [-0.25, -0.2) is 10.1 Å². The Morgan fingerprint density at radius 2 is 1.79 bits per heavy atom. The molecule has 1 rings (SSSR count). The lowest BCUT2D eigenvalue weighted by Crippen LogP contribution is -2.27. The monoisotopic (exact) mass is 236 g/mol. The molecule has 0 radical (unpaired) electrons. The molecule has 76 valence electrons. The fourth-order valence-corrected chi connectivity index (χ4v) is 1.86. The number of rotatable bonds is 3. The van der Waals surface area contributed by atoms with E-state index < -0.39 is 19.0 Å². The van der Waals surface area contributed by atoms with Crippen LogP contribution in [-0.2, 0) is 10.0 Å². The summed E-state index contributed by atoms with van der Waals surface area (Å²) in [4.78, 5) is 9.91. The first-order valence-corrected chi connectivity index (χ1v) is 5.14. The molecule has 0 saturated heterocycles. The molecule has 0 fully saturated rings. The molecule has 0 aliphatic carbocycles. The second-order valence-electron chi connectivity index (χ2n) is 2.25. The van der Waals surface area contributed by atoms with E-state index in [1.165, 1.54) is 24.3 Å². The maximum atomic E-state index is 11.3. The molecule has 0 bridgehead atoms. The van der Waals surface area contributed by atoms with Gasteiger partial charge in [-0.1, -0.05) is 18.2 Å². The molecule has 0 heterocycles. The van der Waals surface area contributed by atoms with E-state index in [1.807, 2.05) is 0 Å². The van der Waals surface area contributed by atoms with Crippen LogP contribution in [0.2, 0.25) is 0 Å². The van der Waals surface area contributed by atoms with Crippen LogP contribution in [-0.4, -0.2) is 17.4 Å². The maximum Gasteiger partial charge on any atom is 0.330 e. The minimum absolute atomic E-state index is 0.230. The molecule has 0 saturated carbocycles. The topological polar surface area (TPSA) is 80.5 Å². The lowest BCUT2D eigenvalue weighted by atomic mass is 10.4. The highest BCUT2D eigenvalue weighted by Crippen LogP contribution is 2.16. The quantitative estimate of drug-likeness (QED) is 0.446. The van der Waals surface area contributed by atoms with E-state index in [1.54, 1.807) is 6.07 Å². The molecule has 14 heavy (non-hydrogen) atoms. The van der Waals surface area contributed by atoms with Gasteiger partial charge in [0.05, 0.1) is 8.83 Å². The maximum absolute atomic E-state index is 11.3. The number of halogens is 1. The van der Waals surface area contributed by atoms with Crippen molar-refractivity contribution < 1.29 is 13.5 Å². The van der Waals surface area contributed by atoms with Crippen molar-refractivity contribution in [3.8, 4) is 0 Å². The average Bonchev–Trinajstić information content (AvgIpc) is 2.18. The van der Waals surface area contributed by atoms with Crippen LogP contribution in [0.25, 0.3) is 0 Å². The first-order valence-electron chi connectivity index (χ1n) is 3.36. The van der Waals surface area contributed by atoms with Crippen molar-refractivity contribution in [2.45, 2.75) is 4.90 Å². The number of hydrogen-bond donors (Lipinski definition) is 0. The normalized spacial score (nSPS) is 10.9. The number of nitro groups is 1. The predicted molar refractivity (Wildman–Crippen MR) is 48.3 cm³/mol. The molecule has 0 N–H and O–H groups in total. The highest BCUT2D eigenvalue weighted by atomic mass is 35.5. The summed E-state index contributed by atoms with van der Waals surface area (Å²) in [6, 6.07) is 6.90. The van der Waals surface area contributed by atoms with Crippen LogP contribution in [0, 0.1) is 10.1 Å². The van der Waals surface area contributed by atoms with Crippen LogP contribution in [0.15, 0.2) is 35.2 Å². The number of hydrazine groups is 1. The summed E-state index contributed by atoms with van der Waals surface area (Å²) in [6.45, 7) is 0. The van der Waals surface area contributed by atoms with Crippen molar-refractivity contribution in [3.63, 3.8) is 0 Å². The Morgan fingerprint density at radius 1 is 1.29 bits per heavy atom. The Kier molecular flexibility index (Phi) is 2.92. The molecule has 8 heteroatoms. The Bertz CT molecular complexity index is 432. The molecule has 0 spiro atoms. The predicted octanol–water partition coefficient (Wildman–Crippen LogP) is 1.02. The minimum atomic E-state index is -4.24. The van der Waals surface area contributed by atoms with E-state index in [-0.39, 0.29) is 4.90 Å². The van der Waals surface area contributed by atoms with E-state index in [4.69, 9.17) is 11.8 Å². The molecule has 1 aromatic carbocycles. The number of benzene rings is 1. The van der Waals surface area contributed by atoms with Crippen molar-refractivity contribution in [2.24, 2.45) is 0 Å². The zero-order valence-electron chi connectivity index (χ0n) is 6.70. The van der Waals surface area contributed by atoms with Crippen molar-refractivity contribution >= 4 is 21.8 Å². The summed E-state index contributed by atoms with van der Waals surface area (Å²) < 4.78 is 22.2. The van der Waals surface area contributed by atoms with Gasteiger partial charge in [0.2, 0.25) is 0 Å². The van der Waals surface area contributed by atoms with Gasteiger partial charge in [-0.2, -0.15) is 8.42 Å². The summed E-state index contributed by atoms with van der Waals surface area (Å²) in [5.41, 5.74) is 0. The van der Waals surface area contributed by atoms with Gasteiger partial charge in [-0.15, -0.1) is 0 Å². The molecular formula is C6H5ClN2O4S. The Morgan fingerprint density at radius 3 is 2.21 bits per heavy atom. The Balaban J connectivity index is 3.16. The van der Waals surface area contributed by atoms with Crippen molar-refractivity contribution in [1.29, 1.82) is 0 Å². The van der Waals surface area contributed by atoms with E-state index in [0.29, 0.717) is 0 Å². The smallest absolute Gasteiger partial charge is 0.233 e. The molecule has 0 aliphatic heterocycles. The lowest BCUT2D eigenvalue weighted by molar-refractivity contribution is -0.588. The molecule has 0 aliphatic rings. The largest absolute Gasteiger partial charge is 0.330 e. The van der Waals surface area contributed by atoms with Gasteiger partial charge in [0.1, 0.15) is 11.8 Å². The summed E-state index contributed by atoms with van der Waals surface area (Å²) >= 11 is 4.99. The molecule has 1 aromatic rings. The second kappa shape index (κ2) is 3.81. The molecule has 0 atom stereocenters. The molecule has 6 nitrogen and oxygen atoms in total. The minimum Gasteiger partial charge on any atom is -0.233 e. The van der Waals surface area contributed by atoms with Gasteiger partial charge in [0, 0.05) is 0 Å². The van der Waals surface area contributed by atoms with Crippen molar-refractivity contribution in [2.75, 3.05) is 0 Å². The lowest BCUT2D eigenvalue weighted by Gasteiger charge is -2.05. The standard InChI is InChI=1S/C6H5ClN2O4S/c7-8(9(10)11)14(12,13)6-4-2-1-3-5-6/h1-5H. The number of nitrogens with zero attached hydrogens (tertiary/aromatic N) is 2. The SMILES string of the molecule is O=[N+]([O-])N(Cl)S(=O)(=O)c1ccccc1. The highest BCUT2D eigenvalue weighted by Gasteiger charge is 2.31. The summed E-state index contributed by atoms with van der Waals surface area (Å²) in [5, 5.41) is 8.92. The zero-order chi connectivity index (χ0) is 10.8. The Labute approximate surface area is 85.0 Å². The fraction of sp³-hybridized carbons (Fsp3) is 0. The molecule has 0 unspecified atom stereocenters.